The first-order chi connectivity index (χ1) is 12.7. The number of allylic oxidation sites excluding steroid dienone is 3. The van der Waals surface area contributed by atoms with Gasteiger partial charge in [-0.2, -0.15) is 0 Å². The van der Waals surface area contributed by atoms with Crippen molar-refractivity contribution in [3.8, 4) is 0 Å². The fourth-order valence-corrected chi connectivity index (χ4v) is 5.11. The van der Waals surface area contributed by atoms with Gasteiger partial charge in [0.1, 0.15) is 5.00 Å². The molecule has 0 N–H and O–H groups in total. The summed E-state index contributed by atoms with van der Waals surface area (Å²) in [6.07, 6.45) is 6.23. The maximum absolute atomic E-state index is 4.53. The quantitative estimate of drug-likeness (QED) is 0.632. The Morgan fingerprint density at radius 1 is 1.08 bits per heavy atom. The van der Waals surface area contributed by atoms with E-state index in [1.165, 1.54) is 52.5 Å². The van der Waals surface area contributed by atoms with Crippen molar-refractivity contribution in [3.63, 3.8) is 0 Å². The maximum atomic E-state index is 4.53. The van der Waals surface area contributed by atoms with Gasteiger partial charge in [0.2, 0.25) is 0 Å². The number of hydrogen-bond acceptors (Lipinski definition) is 3. The molecule has 2 aliphatic heterocycles. The van der Waals surface area contributed by atoms with Crippen LogP contribution in [0.5, 0.6) is 0 Å². The number of fused-ring (bicyclic) bond motifs is 1. The molecule has 0 bridgehead atoms. The molecule has 1 saturated carbocycles. The van der Waals surface area contributed by atoms with Crippen molar-refractivity contribution in [2.45, 2.75) is 19.3 Å². The molecule has 26 heavy (non-hydrogen) atoms. The monoisotopic (exact) mass is 358 g/mol. The Balaban J connectivity index is 1.69. The fraction of sp³-hybridized carbons (Fsp3) is 0.217. The lowest BCUT2D eigenvalue weighted by Crippen LogP contribution is -2.36. The van der Waals surface area contributed by atoms with Crippen molar-refractivity contribution >= 4 is 27.6 Å². The van der Waals surface area contributed by atoms with Crippen molar-refractivity contribution in [1.82, 2.24) is 0 Å². The van der Waals surface area contributed by atoms with E-state index in [2.05, 4.69) is 77.9 Å². The first-order valence-electron chi connectivity index (χ1n) is 9.18. The van der Waals surface area contributed by atoms with E-state index in [0.29, 0.717) is 5.92 Å². The van der Waals surface area contributed by atoms with Crippen molar-refractivity contribution in [3.05, 3.63) is 89.2 Å². The van der Waals surface area contributed by atoms with E-state index in [1.54, 1.807) is 11.3 Å². The van der Waals surface area contributed by atoms with Crippen LogP contribution in [-0.4, -0.2) is 7.05 Å². The molecule has 1 fully saturated rings. The second-order valence-corrected chi connectivity index (χ2v) is 8.15. The lowest BCUT2D eigenvalue weighted by atomic mass is 9.79. The van der Waals surface area contributed by atoms with Crippen LogP contribution in [0.3, 0.4) is 0 Å². The van der Waals surface area contributed by atoms with E-state index in [9.17, 15) is 0 Å². The van der Waals surface area contributed by atoms with E-state index in [1.807, 2.05) is 0 Å². The molecule has 3 heterocycles. The molecule has 0 amide bonds. The van der Waals surface area contributed by atoms with Gasteiger partial charge in [-0.1, -0.05) is 37.8 Å². The topological polar surface area (TPSA) is 6.48 Å². The molecule has 0 radical (unpaired) electrons. The summed E-state index contributed by atoms with van der Waals surface area (Å²) in [5.41, 5.74) is 8.34. The minimum Gasteiger partial charge on any atom is -0.335 e. The fourth-order valence-electron chi connectivity index (χ4n) is 4.21. The van der Waals surface area contributed by atoms with Gasteiger partial charge in [-0.15, -0.1) is 11.3 Å². The SMILES string of the molecule is C=C1C2=C(C=C(C3CCC3)N(c3ccccc3)C2=C)N(C)c2sccc21. The van der Waals surface area contributed by atoms with Gasteiger partial charge in [0.25, 0.3) is 0 Å². The van der Waals surface area contributed by atoms with Crippen LogP contribution in [-0.2, 0) is 0 Å². The summed E-state index contributed by atoms with van der Waals surface area (Å²) in [4.78, 5) is 4.68. The third-order valence-electron chi connectivity index (χ3n) is 5.83. The minimum atomic E-state index is 0.618. The van der Waals surface area contributed by atoms with E-state index in [4.69, 9.17) is 0 Å². The van der Waals surface area contributed by atoms with E-state index >= 15 is 0 Å². The average Bonchev–Trinajstić information content (AvgIpc) is 3.09. The first kappa shape index (κ1) is 15.7. The Labute approximate surface area is 159 Å². The molecule has 3 heteroatoms. The predicted molar refractivity (Wildman–Crippen MR) is 112 cm³/mol. The van der Waals surface area contributed by atoms with Gasteiger partial charge in [0, 0.05) is 35.3 Å². The number of rotatable bonds is 2. The lowest BCUT2D eigenvalue weighted by molar-refractivity contribution is 0.362. The van der Waals surface area contributed by atoms with Crippen molar-refractivity contribution in [1.29, 1.82) is 0 Å². The highest BCUT2D eigenvalue weighted by Gasteiger charge is 2.37. The molecule has 1 aromatic carbocycles. The van der Waals surface area contributed by atoms with Crippen molar-refractivity contribution in [2.75, 3.05) is 16.8 Å². The molecule has 5 rings (SSSR count). The van der Waals surface area contributed by atoms with E-state index in [0.717, 1.165) is 11.3 Å². The second kappa shape index (κ2) is 5.75. The summed E-state index contributed by atoms with van der Waals surface area (Å²) in [7, 11) is 2.16. The Hall–Kier alpha value is -2.52. The first-order valence-corrected chi connectivity index (χ1v) is 10.1. The molecular formula is C23H22N2S. The van der Waals surface area contributed by atoms with Crippen LogP contribution >= 0.6 is 11.3 Å². The van der Waals surface area contributed by atoms with Gasteiger partial charge in [-0.3, -0.25) is 0 Å². The molecule has 1 aromatic heterocycles. The summed E-state index contributed by atoms with van der Waals surface area (Å²) in [5.74, 6) is 0.618. The molecule has 2 aromatic rings. The van der Waals surface area contributed by atoms with E-state index < -0.39 is 0 Å². The predicted octanol–water partition coefficient (Wildman–Crippen LogP) is 6.18. The maximum Gasteiger partial charge on any atom is 0.103 e. The van der Waals surface area contributed by atoms with Gasteiger partial charge >= 0.3 is 0 Å². The van der Waals surface area contributed by atoms with E-state index in [-0.39, 0.29) is 0 Å². The second-order valence-electron chi connectivity index (χ2n) is 7.25. The normalized spacial score (nSPS) is 20.0. The van der Waals surface area contributed by atoms with Gasteiger partial charge in [-0.25, -0.2) is 0 Å². The third-order valence-corrected chi connectivity index (χ3v) is 6.82. The number of thiophene rings is 1. The summed E-state index contributed by atoms with van der Waals surface area (Å²) < 4.78 is 0. The largest absolute Gasteiger partial charge is 0.335 e. The van der Waals surface area contributed by atoms with Crippen LogP contribution in [0.2, 0.25) is 0 Å². The summed E-state index contributed by atoms with van der Waals surface area (Å²) in [6, 6.07) is 12.8. The van der Waals surface area contributed by atoms with Gasteiger partial charge in [0.15, 0.2) is 0 Å². The number of para-hydroxylation sites is 1. The molecule has 130 valence electrons. The molecule has 0 atom stereocenters. The third kappa shape index (κ3) is 2.10. The van der Waals surface area contributed by atoms with Crippen molar-refractivity contribution < 1.29 is 0 Å². The van der Waals surface area contributed by atoms with Gasteiger partial charge in [-0.05, 0) is 54.0 Å². The van der Waals surface area contributed by atoms with Crippen molar-refractivity contribution in [2.24, 2.45) is 5.92 Å². The summed E-state index contributed by atoms with van der Waals surface area (Å²) in [5, 5.41) is 3.43. The lowest BCUT2D eigenvalue weighted by Gasteiger charge is -2.44. The highest BCUT2D eigenvalue weighted by atomic mass is 32.1. The molecule has 0 spiro atoms. The molecule has 0 saturated heterocycles. The van der Waals surface area contributed by atoms with Crippen LogP contribution in [0.1, 0.15) is 24.8 Å². The Kier molecular flexibility index (Phi) is 3.47. The number of likely N-dealkylation sites (N-methyl/N-ethyl adjacent to an activating group) is 1. The molecule has 3 aliphatic rings. The smallest absolute Gasteiger partial charge is 0.103 e. The van der Waals surface area contributed by atoms with Gasteiger partial charge < -0.3 is 9.80 Å². The van der Waals surface area contributed by atoms with Crippen LogP contribution in [0, 0.1) is 5.92 Å². The van der Waals surface area contributed by atoms with Gasteiger partial charge in [0.05, 0.1) is 5.70 Å². The molecular weight excluding hydrogens is 336 g/mol. The van der Waals surface area contributed by atoms with Crippen LogP contribution < -0.4 is 9.80 Å². The molecule has 0 unspecified atom stereocenters. The Bertz CT molecular complexity index is 973. The van der Waals surface area contributed by atoms with Crippen LogP contribution in [0.15, 0.2) is 83.7 Å². The number of benzene rings is 1. The summed E-state index contributed by atoms with van der Waals surface area (Å²) >= 11 is 1.78. The number of nitrogens with zero attached hydrogens (tertiary/aromatic N) is 2. The standard InChI is InChI=1S/C23H22N2S/c1-15-19-12-13-26-23(19)24(3)21-14-20(17-8-7-9-17)25(16(2)22(15)21)18-10-5-4-6-11-18/h4-6,10-14,17H,1-2,7-9H2,3H3. The highest BCUT2D eigenvalue weighted by molar-refractivity contribution is 7.14. The number of anilines is 2. The Morgan fingerprint density at radius 2 is 1.85 bits per heavy atom. The average molecular weight is 359 g/mol. The molecule has 2 nitrogen and oxygen atoms in total. The zero-order valence-electron chi connectivity index (χ0n) is 15.0. The highest BCUT2D eigenvalue weighted by Crippen LogP contribution is 2.51. The van der Waals surface area contributed by atoms with Crippen LogP contribution in [0.25, 0.3) is 5.57 Å². The number of hydrogen-bond donors (Lipinski definition) is 0. The zero-order chi connectivity index (χ0) is 17.8. The minimum absolute atomic E-state index is 0.618. The Morgan fingerprint density at radius 3 is 2.54 bits per heavy atom. The molecule has 1 aliphatic carbocycles. The summed E-state index contributed by atoms with van der Waals surface area (Å²) in [6.45, 7) is 8.97. The van der Waals surface area contributed by atoms with Crippen LogP contribution in [0.4, 0.5) is 10.7 Å². The zero-order valence-corrected chi connectivity index (χ0v) is 15.9.